The summed E-state index contributed by atoms with van der Waals surface area (Å²) in [5.74, 6) is -1.28. The van der Waals surface area contributed by atoms with Crippen molar-refractivity contribution in [3.63, 3.8) is 0 Å². The molecule has 0 saturated carbocycles. The molecule has 0 aliphatic carbocycles. The lowest BCUT2D eigenvalue weighted by molar-refractivity contribution is -0.136. The molecule has 1 atom stereocenters. The third-order valence-electron chi connectivity index (χ3n) is 5.38. The van der Waals surface area contributed by atoms with Crippen molar-refractivity contribution < 1.29 is 18.4 Å². The van der Waals surface area contributed by atoms with E-state index in [1.165, 1.54) is 29.2 Å². The van der Waals surface area contributed by atoms with E-state index in [4.69, 9.17) is 0 Å². The minimum absolute atomic E-state index is 0.0361. The van der Waals surface area contributed by atoms with E-state index in [0.717, 1.165) is 5.69 Å². The topological polar surface area (TPSA) is 43.9 Å². The van der Waals surface area contributed by atoms with E-state index in [2.05, 4.69) is 4.90 Å². The van der Waals surface area contributed by atoms with Gasteiger partial charge >= 0.3 is 0 Å². The molecule has 1 unspecified atom stereocenters. The highest BCUT2D eigenvalue weighted by atomic mass is 19.1. The van der Waals surface area contributed by atoms with Gasteiger partial charge in [0.05, 0.1) is 5.92 Å². The Morgan fingerprint density at radius 3 is 2.29 bits per heavy atom. The van der Waals surface area contributed by atoms with Crippen molar-refractivity contribution in [3.8, 4) is 0 Å². The van der Waals surface area contributed by atoms with Crippen LogP contribution in [0.3, 0.4) is 0 Å². The van der Waals surface area contributed by atoms with Crippen molar-refractivity contribution in [1.29, 1.82) is 0 Å². The molecule has 5 nitrogen and oxygen atoms in total. The quantitative estimate of drug-likeness (QED) is 0.816. The molecule has 2 aromatic rings. The lowest BCUT2D eigenvalue weighted by atomic mass is 10.1. The first kappa shape index (κ1) is 18.4. The van der Waals surface area contributed by atoms with Gasteiger partial charge in [-0.25, -0.2) is 8.78 Å². The molecule has 0 aromatic heterocycles. The number of anilines is 2. The molecule has 2 saturated heterocycles. The molecule has 28 heavy (non-hydrogen) atoms. The molecule has 2 amide bonds. The van der Waals surface area contributed by atoms with E-state index in [1.54, 1.807) is 29.2 Å². The molecule has 0 radical (unpaired) electrons. The molecule has 0 bridgehead atoms. The number of hydrogen-bond acceptors (Lipinski definition) is 3. The Hall–Kier alpha value is -2.96. The number of halogens is 2. The molecular formula is C21H21F2N3O2. The van der Waals surface area contributed by atoms with Crippen molar-refractivity contribution >= 4 is 23.2 Å². The zero-order valence-corrected chi connectivity index (χ0v) is 15.4. The Kier molecular flexibility index (Phi) is 4.98. The Bertz CT molecular complexity index is 879. The highest BCUT2D eigenvalue weighted by Gasteiger charge is 2.38. The van der Waals surface area contributed by atoms with E-state index in [0.29, 0.717) is 31.9 Å². The number of carbonyl (C=O) groups excluding carboxylic acids is 2. The SMILES string of the molecule is O=C(C1CC(=O)N(c2cccc(F)c2)C1)N1CCN(c2ccc(F)cc2)CC1. The number of benzene rings is 2. The molecule has 2 aliphatic heterocycles. The largest absolute Gasteiger partial charge is 0.368 e. The number of nitrogens with zero attached hydrogens (tertiary/aromatic N) is 3. The van der Waals surface area contributed by atoms with E-state index in [-0.39, 0.29) is 30.6 Å². The highest BCUT2D eigenvalue weighted by Crippen LogP contribution is 2.27. The summed E-state index contributed by atoms with van der Waals surface area (Å²) in [5, 5.41) is 0. The van der Waals surface area contributed by atoms with E-state index in [9.17, 15) is 18.4 Å². The standard InChI is InChI=1S/C21H21F2N3O2/c22-16-4-6-18(7-5-16)24-8-10-25(11-9-24)21(28)15-12-20(27)26(14-15)19-3-1-2-17(23)13-19/h1-7,13,15H,8-12,14H2. The van der Waals surface area contributed by atoms with Gasteiger partial charge in [-0.1, -0.05) is 6.07 Å². The Balaban J connectivity index is 1.36. The minimum atomic E-state index is -0.409. The maximum absolute atomic E-state index is 13.5. The van der Waals surface area contributed by atoms with Crippen LogP contribution in [0.4, 0.5) is 20.2 Å². The summed E-state index contributed by atoms with van der Waals surface area (Å²) in [6.45, 7) is 2.71. The zero-order chi connectivity index (χ0) is 19.7. The smallest absolute Gasteiger partial charge is 0.228 e. The Morgan fingerprint density at radius 2 is 1.61 bits per heavy atom. The molecule has 2 heterocycles. The first-order chi connectivity index (χ1) is 13.5. The molecule has 0 N–H and O–H groups in total. The predicted molar refractivity (Wildman–Crippen MR) is 102 cm³/mol. The fourth-order valence-corrected chi connectivity index (χ4v) is 3.86. The van der Waals surface area contributed by atoms with Gasteiger partial charge in [0.25, 0.3) is 0 Å². The minimum Gasteiger partial charge on any atom is -0.368 e. The molecule has 0 spiro atoms. The number of carbonyl (C=O) groups is 2. The average molecular weight is 385 g/mol. The van der Waals surface area contributed by atoms with Crippen LogP contribution in [0, 0.1) is 17.6 Å². The van der Waals surface area contributed by atoms with Gasteiger partial charge in [0.2, 0.25) is 11.8 Å². The Labute approximate surface area is 162 Å². The predicted octanol–water partition coefficient (Wildman–Crippen LogP) is 2.67. The first-order valence-electron chi connectivity index (χ1n) is 9.36. The third kappa shape index (κ3) is 3.69. The normalized spacial score (nSPS) is 20.0. The zero-order valence-electron chi connectivity index (χ0n) is 15.4. The van der Waals surface area contributed by atoms with Crippen molar-refractivity contribution in [2.24, 2.45) is 5.92 Å². The number of hydrogen-bond donors (Lipinski definition) is 0. The summed E-state index contributed by atoms with van der Waals surface area (Å²) in [4.78, 5) is 30.6. The van der Waals surface area contributed by atoms with E-state index in [1.807, 2.05) is 0 Å². The van der Waals surface area contributed by atoms with Crippen molar-refractivity contribution in [2.75, 3.05) is 42.5 Å². The van der Waals surface area contributed by atoms with Crippen LogP contribution < -0.4 is 9.80 Å². The van der Waals surface area contributed by atoms with Crippen LogP contribution in [0.1, 0.15) is 6.42 Å². The van der Waals surface area contributed by atoms with Crippen LogP contribution >= 0.6 is 0 Å². The lowest BCUT2D eigenvalue weighted by Crippen LogP contribution is -2.50. The number of amides is 2. The van der Waals surface area contributed by atoms with Crippen LogP contribution in [0.2, 0.25) is 0 Å². The maximum atomic E-state index is 13.5. The molecular weight excluding hydrogens is 364 g/mol. The van der Waals surface area contributed by atoms with Crippen LogP contribution in [-0.4, -0.2) is 49.4 Å². The van der Waals surface area contributed by atoms with Crippen LogP contribution in [0.15, 0.2) is 48.5 Å². The van der Waals surface area contributed by atoms with Crippen LogP contribution in [-0.2, 0) is 9.59 Å². The highest BCUT2D eigenvalue weighted by molar-refractivity contribution is 6.00. The summed E-state index contributed by atoms with van der Waals surface area (Å²) in [6.07, 6.45) is 0.146. The maximum Gasteiger partial charge on any atom is 0.228 e. The van der Waals surface area contributed by atoms with Crippen molar-refractivity contribution in [1.82, 2.24) is 4.90 Å². The average Bonchev–Trinajstić information content (AvgIpc) is 3.10. The third-order valence-corrected chi connectivity index (χ3v) is 5.38. The summed E-state index contributed by atoms with van der Waals surface area (Å²) in [6, 6.07) is 12.2. The van der Waals surface area contributed by atoms with Gasteiger partial charge < -0.3 is 14.7 Å². The van der Waals surface area contributed by atoms with Crippen LogP contribution in [0.25, 0.3) is 0 Å². The second-order valence-corrected chi connectivity index (χ2v) is 7.17. The van der Waals surface area contributed by atoms with Gasteiger partial charge in [-0.3, -0.25) is 9.59 Å². The monoisotopic (exact) mass is 385 g/mol. The molecule has 146 valence electrons. The summed E-state index contributed by atoms with van der Waals surface area (Å²) >= 11 is 0. The molecule has 4 rings (SSSR count). The van der Waals surface area contributed by atoms with Gasteiger partial charge in [-0.05, 0) is 42.5 Å². The van der Waals surface area contributed by atoms with Gasteiger partial charge in [0.15, 0.2) is 0 Å². The molecule has 7 heteroatoms. The first-order valence-corrected chi connectivity index (χ1v) is 9.36. The molecule has 2 fully saturated rings. The van der Waals surface area contributed by atoms with Gasteiger partial charge in [-0.2, -0.15) is 0 Å². The van der Waals surface area contributed by atoms with Crippen molar-refractivity contribution in [3.05, 3.63) is 60.2 Å². The van der Waals surface area contributed by atoms with E-state index >= 15 is 0 Å². The van der Waals surface area contributed by atoms with Gasteiger partial charge in [0.1, 0.15) is 11.6 Å². The van der Waals surface area contributed by atoms with Crippen LogP contribution in [0.5, 0.6) is 0 Å². The van der Waals surface area contributed by atoms with Crippen molar-refractivity contribution in [2.45, 2.75) is 6.42 Å². The summed E-state index contributed by atoms with van der Waals surface area (Å²) in [5.41, 5.74) is 1.42. The second-order valence-electron chi connectivity index (χ2n) is 7.17. The second kappa shape index (κ2) is 7.58. The summed E-state index contributed by atoms with van der Waals surface area (Å²) < 4.78 is 26.5. The fraction of sp³-hybridized carbons (Fsp3) is 0.333. The number of piperazine rings is 1. The molecule has 2 aliphatic rings. The summed E-state index contributed by atoms with van der Waals surface area (Å²) in [7, 11) is 0. The lowest BCUT2D eigenvalue weighted by Gasteiger charge is -2.37. The van der Waals surface area contributed by atoms with E-state index < -0.39 is 11.7 Å². The fourth-order valence-electron chi connectivity index (χ4n) is 3.86. The number of rotatable bonds is 3. The molecule has 2 aromatic carbocycles. The van der Waals surface area contributed by atoms with Gasteiger partial charge in [-0.15, -0.1) is 0 Å². The Morgan fingerprint density at radius 1 is 0.893 bits per heavy atom. The van der Waals surface area contributed by atoms with Gasteiger partial charge in [0, 0.05) is 50.5 Å².